The van der Waals surface area contributed by atoms with E-state index in [4.69, 9.17) is 14.4 Å². The van der Waals surface area contributed by atoms with Gasteiger partial charge in [0, 0.05) is 32.3 Å². The normalized spacial score (nSPS) is 12.2. The molecule has 5 heteroatoms. The molecule has 0 unspecified atom stereocenters. The standard InChI is InChI=1S/C38H22N4O/c1-7-17-29-23(11-1)24-12-2-8-18-30(24)41(29)33-21-32-36(37-26-14-4-10-20-34(26)43-38(33)37)25-13-3-9-19-31(25)42(32)35-22-39-27-15-5-6-16-28(27)40-35/h1-22H. The SMILES string of the molecule is c1ccc2nc(-n3c4ccccc4c4c5c(oc6ccccc65)c(-n5c6ccccc6c6ccccc65)cc43)cnc2c1. The Balaban J connectivity index is 1.46. The van der Waals surface area contributed by atoms with Crippen LogP contribution in [-0.4, -0.2) is 19.1 Å². The average molecular weight is 551 g/mol. The molecule has 43 heavy (non-hydrogen) atoms. The molecule has 0 atom stereocenters. The van der Waals surface area contributed by atoms with Gasteiger partial charge in [0.05, 0.1) is 45.0 Å². The number of furan rings is 1. The van der Waals surface area contributed by atoms with E-state index in [1.165, 1.54) is 10.8 Å². The minimum absolute atomic E-state index is 0.783. The van der Waals surface area contributed by atoms with Crippen LogP contribution in [0.15, 0.2) is 138 Å². The van der Waals surface area contributed by atoms with Crippen molar-refractivity contribution in [2.45, 2.75) is 0 Å². The smallest absolute Gasteiger partial charge is 0.160 e. The van der Waals surface area contributed by atoms with Crippen molar-refractivity contribution in [2.24, 2.45) is 0 Å². The summed E-state index contributed by atoms with van der Waals surface area (Å²) in [5.41, 5.74) is 8.88. The molecular formula is C38H22N4O. The van der Waals surface area contributed by atoms with Crippen molar-refractivity contribution in [3.05, 3.63) is 134 Å². The Bertz CT molecular complexity index is 2690. The zero-order valence-corrected chi connectivity index (χ0v) is 22.9. The third-order valence-electron chi connectivity index (χ3n) is 8.75. The van der Waals surface area contributed by atoms with Gasteiger partial charge in [0.15, 0.2) is 11.4 Å². The summed E-state index contributed by atoms with van der Waals surface area (Å²) in [6.45, 7) is 0. The van der Waals surface area contributed by atoms with Gasteiger partial charge in [-0.1, -0.05) is 84.9 Å². The number of hydrogen-bond acceptors (Lipinski definition) is 3. The quantitative estimate of drug-likeness (QED) is 0.215. The van der Waals surface area contributed by atoms with Crippen LogP contribution in [0, 0.1) is 0 Å². The lowest BCUT2D eigenvalue weighted by Crippen LogP contribution is -2.00. The highest BCUT2D eigenvalue weighted by atomic mass is 16.3. The van der Waals surface area contributed by atoms with Gasteiger partial charge >= 0.3 is 0 Å². The fraction of sp³-hybridized carbons (Fsp3) is 0. The number of fused-ring (bicyclic) bond motifs is 11. The minimum Gasteiger partial charge on any atom is -0.454 e. The first-order valence-electron chi connectivity index (χ1n) is 14.4. The predicted molar refractivity (Wildman–Crippen MR) is 175 cm³/mol. The number of aromatic nitrogens is 4. The lowest BCUT2D eigenvalue weighted by Gasteiger charge is -2.12. The lowest BCUT2D eigenvalue weighted by atomic mass is 10.0. The Hall–Kier alpha value is -5.94. The second-order valence-electron chi connectivity index (χ2n) is 11.0. The number of rotatable bonds is 2. The summed E-state index contributed by atoms with van der Waals surface area (Å²) in [5.74, 6) is 0.783. The van der Waals surface area contributed by atoms with Crippen molar-refractivity contribution in [1.29, 1.82) is 0 Å². The second kappa shape index (κ2) is 8.30. The molecule has 0 N–H and O–H groups in total. The molecule has 5 nitrogen and oxygen atoms in total. The van der Waals surface area contributed by atoms with Gasteiger partial charge in [0.2, 0.25) is 0 Å². The fourth-order valence-corrected chi connectivity index (χ4v) is 6.98. The highest BCUT2D eigenvalue weighted by Crippen LogP contribution is 2.45. The van der Waals surface area contributed by atoms with E-state index >= 15 is 0 Å². The van der Waals surface area contributed by atoms with Crippen molar-refractivity contribution in [2.75, 3.05) is 0 Å². The molecule has 0 aliphatic heterocycles. The molecule has 4 aromatic heterocycles. The summed E-state index contributed by atoms with van der Waals surface area (Å²) in [6, 6.07) is 44.4. The van der Waals surface area contributed by atoms with E-state index in [0.29, 0.717) is 0 Å². The summed E-state index contributed by atoms with van der Waals surface area (Å²) < 4.78 is 11.4. The monoisotopic (exact) mass is 550 g/mol. The van der Waals surface area contributed by atoms with Crippen LogP contribution in [0.5, 0.6) is 0 Å². The van der Waals surface area contributed by atoms with Gasteiger partial charge in [0.1, 0.15) is 5.58 Å². The molecule has 0 amide bonds. The minimum atomic E-state index is 0.783. The van der Waals surface area contributed by atoms with Gasteiger partial charge in [-0.25, -0.2) is 4.98 Å². The van der Waals surface area contributed by atoms with Crippen molar-refractivity contribution >= 4 is 76.6 Å². The third kappa shape index (κ3) is 3.00. The van der Waals surface area contributed by atoms with E-state index < -0.39 is 0 Å². The van der Waals surface area contributed by atoms with Crippen LogP contribution in [0.1, 0.15) is 0 Å². The van der Waals surface area contributed by atoms with Gasteiger partial charge in [-0.05, 0) is 42.5 Å². The van der Waals surface area contributed by atoms with Crippen molar-refractivity contribution < 1.29 is 4.42 Å². The Kier molecular flexibility index (Phi) is 4.39. The van der Waals surface area contributed by atoms with Gasteiger partial charge in [0.25, 0.3) is 0 Å². The summed E-state index contributed by atoms with van der Waals surface area (Å²) in [5, 5.41) is 6.92. The maximum absolute atomic E-state index is 6.78. The van der Waals surface area contributed by atoms with Crippen LogP contribution in [0.3, 0.4) is 0 Å². The van der Waals surface area contributed by atoms with Crippen LogP contribution >= 0.6 is 0 Å². The molecule has 0 fully saturated rings. The zero-order valence-electron chi connectivity index (χ0n) is 22.9. The fourth-order valence-electron chi connectivity index (χ4n) is 6.98. The van der Waals surface area contributed by atoms with Crippen molar-refractivity contribution in [3.63, 3.8) is 0 Å². The molecular weight excluding hydrogens is 528 g/mol. The highest BCUT2D eigenvalue weighted by molar-refractivity contribution is 6.29. The largest absolute Gasteiger partial charge is 0.454 e. The van der Waals surface area contributed by atoms with Crippen LogP contribution in [0.2, 0.25) is 0 Å². The number of hydrogen-bond donors (Lipinski definition) is 0. The summed E-state index contributed by atoms with van der Waals surface area (Å²) >= 11 is 0. The van der Waals surface area contributed by atoms with Gasteiger partial charge in [-0.3, -0.25) is 9.55 Å². The molecule has 200 valence electrons. The van der Waals surface area contributed by atoms with E-state index in [1.54, 1.807) is 0 Å². The van der Waals surface area contributed by atoms with E-state index in [-0.39, 0.29) is 0 Å². The van der Waals surface area contributed by atoms with Gasteiger partial charge in [-0.15, -0.1) is 0 Å². The molecule has 0 aliphatic rings. The predicted octanol–water partition coefficient (Wildman–Crippen LogP) is 9.72. The van der Waals surface area contributed by atoms with Crippen LogP contribution in [-0.2, 0) is 0 Å². The summed E-state index contributed by atoms with van der Waals surface area (Å²) in [7, 11) is 0. The Morgan fingerprint density at radius 1 is 0.488 bits per heavy atom. The topological polar surface area (TPSA) is 48.8 Å². The first-order chi connectivity index (χ1) is 21.3. The third-order valence-corrected chi connectivity index (χ3v) is 8.75. The zero-order chi connectivity index (χ0) is 28.1. The summed E-state index contributed by atoms with van der Waals surface area (Å²) in [4.78, 5) is 9.91. The van der Waals surface area contributed by atoms with Crippen LogP contribution in [0.25, 0.3) is 88.1 Å². The van der Waals surface area contributed by atoms with Crippen molar-refractivity contribution in [1.82, 2.24) is 19.1 Å². The maximum atomic E-state index is 6.78. The number of nitrogens with zero attached hydrogens (tertiary/aromatic N) is 4. The van der Waals surface area contributed by atoms with E-state index in [9.17, 15) is 0 Å². The lowest BCUT2D eigenvalue weighted by molar-refractivity contribution is 0.666. The van der Waals surface area contributed by atoms with E-state index in [2.05, 4.69) is 106 Å². The number of benzene rings is 6. The average Bonchev–Trinajstić information content (AvgIpc) is 3.72. The van der Waals surface area contributed by atoms with Crippen molar-refractivity contribution in [3.8, 4) is 11.5 Å². The Morgan fingerprint density at radius 3 is 1.81 bits per heavy atom. The molecule has 4 heterocycles. The molecule has 10 aromatic rings. The second-order valence-corrected chi connectivity index (χ2v) is 11.0. The first kappa shape index (κ1) is 22.7. The Morgan fingerprint density at radius 2 is 1.07 bits per heavy atom. The molecule has 0 saturated carbocycles. The first-order valence-corrected chi connectivity index (χ1v) is 14.4. The van der Waals surface area contributed by atoms with Gasteiger partial charge in [-0.2, -0.15) is 0 Å². The van der Waals surface area contributed by atoms with Crippen LogP contribution in [0.4, 0.5) is 0 Å². The Labute approximate surface area is 244 Å². The highest BCUT2D eigenvalue weighted by Gasteiger charge is 2.24. The molecule has 0 radical (unpaired) electrons. The van der Waals surface area contributed by atoms with Gasteiger partial charge < -0.3 is 8.98 Å². The molecule has 10 rings (SSSR count). The molecule has 6 aromatic carbocycles. The molecule has 0 saturated heterocycles. The van der Waals surface area contributed by atoms with Crippen LogP contribution < -0.4 is 0 Å². The molecule has 0 aliphatic carbocycles. The maximum Gasteiger partial charge on any atom is 0.160 e. The number of para-hydroxylation sites is 6. The van der Waals surface area contributed by atoms with E-state index in [0.717, 1.165) is 77.3 Å². The molecule has 0 spiro atoms. The molecule has 0 bridgehead atoms. The van der Waals surface area contributed by atoms with E-state index in [1.807, 2.05) is 36.5 Å². The summed E-state index contributed by atoms with van der Waals surface area (Å²) in [6.07, 6.45) is 1.88.